The average molecular weight is 551 g/mol. The van der Waals surface area contributed by atoms with E-state index >= 15 is 0 Å². The molecular weight excluding hydrogens is 516 g/mol. The molecule has 3 aromatic carbocycles. The molecule has 0 aliphatic carbocycles. The molecule has 2 aromatic heterocycles. The number of H-pyrrole nitrogens is 1. The fourth-order valence-electron chi connectivity index (χ4n) is 5.09. The Morgan fingerprint density at radius 1 is 0.951 bits per heavy atom. The summed E-state index contributed by atoms with van der Waals surface area (Å²) in [5.74, 6) is 0.469. The summed E-state index contributed by atoms with van der Waals surface area (Å²) in [5, 5.41) is 14.4. The summed E-state index contributed by atoms with van der Waals surface area (Å²) >= 11 is 0. The maximum Gasteiger partial charge on any atom is 0.439 e. The smallest absolute Gasteiger partial charge is 0.386 e. The zero-order chi connectivity index (χ0) is 29.1. The molecule has 0 fully saturated rings. The van der Waals surface area contributed by atoms with E-state index < -0.39 is 11.4 Å². The van der Waals surface area contributed by atoms with Gasteiger partial charge in [-0.15, -0.1) is 0 Å². The van der Waals surface area contributed by atoms with Gasteiger partial charge in [-0.3, -0.25) is 18.9 Å². The number of aromatic nitrogens is 4. The number of benzene rings is 3. The van der Waals surface area contributed by atoms with Crippen molar-refractivity contribution in [3.8, 4) is 28.2 Å². The van der Waals surface area contributed by atoms with Crippen molar-refractivity contribution in [1.82, 2.24) is 19.7 Å². The minimum Gasteiger partial charge on any atom is -0.386 e. The number of nitrogens with zero attached hydrogens (tertiary/aromatic N) is 3. The van der Waals surface area contributed by atoms with Crippen LogP contribution in [0.1, 0.15) is 62.3 Å². The summed E-state index contributed by atoms with van der Waals surface area (Å²) in [6.45, 7) is 7.55. The normalized spacial score (nSPS) is 11.6. The largest absolute Gasteiger partial charge is 0.439 e. The summed E-state index contributed by atoms with van der Waals surface area (Å²) in [7, 11) is 0. The van der Waals surface area contributed by atoms with E-state index in [0.29, 0.717) is 42.2 Å². The van der Waals surface area contributed by atoms with Crippen LogP contribution in [0.2, 0.25) is 0 Å². The molecule has 0 aliphatic rings. The van der Waals surface area contributed by atoms with E-state index in [-0.39, 0.29) is 5.56 Å². The Hall–Kier alpha value is -4.56. The first-order valence-corrected chi connectivity index (χ1v) is 13.9. The summed E-state index contributed by atoms with van der Waals surface area (Å²) in [6.07, 6.45) is 2.63. The molecule has 0 spiro atoms. The molecule has 5 aromatic rings. The van der Waals surface area contributed by atoms with E-state index in [1.165, 1.54) is 0 Å². The van der Waals surface area contributed by atoms with Gasteiger partial charge in [0.05, 0.1) is 17.0 Å². The lowest BCUT2D eigenvalue weighted by atomic mass is 9.96. The van der Waals surface area contributed by atoms with Gasteiger partial charge in [0.1, 0.15) is 5.82 Å². The van der Waals surface area contributed by atoms with Crippen LogP contribution in [0.3, 0.4) is 0 Å². The number of aryl methyl sites for hydroxylation is 2. The van der Waals surface area contributed by atoms with Crippen LogP contribution in [0.15, 0.2) is 86.9 Å². The third-order valence-electron chi connectivity index (χ3n) is 7.21. The minimum absolute atomic E-state index is 0.0856. The molecule has 0 unspecified atom stereocenters. The maximum absolute atomic E-state index is 14.1. The Morgan fingerprint density at radius 2 is 1.68 bits per heavy atom. The predicted molar refractivity (Wildman–Crippen MR) is 159 cm³/mol. The molecule has 0 atom stereocenters. The number of hydrogen-bond donors (Lipinski definition) is 2. The summed E-state index contributed by atoms with van der Waals surface area (Å²) < 4.78 is 6.40. The Balaban J connectivity index is 1.55. The van der Waals surface area contributed by atoms with Crippen LogP contribution in [0.25, 0.3) is 28.2 Å². The molecule has 0 bridgehead atoms. The molecule has 210 valence electrons. The Kier molecular flexibility index (Phi) is 7.85. The Labute approximate surface area is 238 Å². The molecule has 0 radical (unpaired) electrons. The lowest BCUT2D eigenvalue weighted by Crippen LogP contribution is -2.29. The number of aliphatic hydroxyl groups is 1. The van der Waals surface area contributed by atoms with Crippen molar-refractivity contribution in [3.63, 3.8) is 0 Å². The monoisotopic (exact) mass is 550 g/mol. The van der Waals surface area contributed by atoms with Crippen LogP contribution in [-0.2, 0) is 24.9 Å². The summed E-state index contributed by atoms with van der Waals surface area (Å²) in [4.78, 5) is 33.2. The fraction of sp³-hybridized carbons (Fsp3) is 0.273. The maximum atomic E-state index is 14.1. The van der Waals surface area contributed by atoms with Crippen LogP contribution < -0.4 is 11.3 Å². The predicted octanol–water partition coefficient (Wildman–Crippen LogP) is 5.58. The van der Waals surface area contributed by atoms with Gasteiger partial charge in [0.15, 0.2) is 5.82 Å². The second-order valence-corrected chi connectivity index (χ2v) is 10.7. The van der Waals surface area contributed by atoms with Crippen molar-refractivity contribution >= 4 is 0 Å². The van der Waals surface area contributed by atoms with Gasteiger partial charge in [0.2, 0.25) is 0 Å². The van der Waals surface area contributed by atoms with E-state index in [1.807, 2.05) is 79.7 Å². The molecular formula is C33H34N4O4. The number of aromatic amines is 1. The van der Waals surface area contributed by atoms with Gasteiger partial charge < -0.3 is 5.11 Å². The minimum atomic E-state index is -1.03. The molecule has 0 aliphatic heterocycles. The van der Waals surface area contributed by atoms with E-state index in [0.717, 1.165) is 39.9 Å². The second-order valence-electron chi connectivity index (χ2n) is 10.7. The van der Waals surface area contributed by atoms with Gasteiger partial charge in [0, 0.05) is 24.0 Å². The lowest BCUT2D eigenvalue weighted by Gasteiger charge is -2.21. The van der Waals surface area contributed by atoms with Gasteiger partial charge in [-0.25, -0.2) is 9.78 Å². The molecule has 8 nitrogen and oxygen atoms in total. The lowest BCUT2D eigenvalue weighted by molar-refractivity contribution is 0.0786. The van der Waals surface area contributed by atoms with Crippen LogP contribution in [0.5, 0.6) is 0 Å². The van der Waals surface area contributed by atoms with E-state index in [2.05, 4.69) is 17.1 Å². The molecule has 0 saturated heterocycles. The fourth-order valence-corrected chi connectivity index (χ4v) is 5.09. The molecule has 5 rings (SSSR count). The summed E-state index contributed by atoms with van der Waals surface area (Å²) in [5.41, 5.74) is 5.39. The molecule has 0 amide bonds. The molecule has 41 heavy (non-hydrogen) atoms. The van der Waals surface area contributed by atoms with Crippen molar-refractivity contribution in [2.75, 3.05) is 0 Å². The standard InChI is InChI=1S/C33H34N4O4/c1-5-10-28-27(31(38)37(29(6-2)34-28)24-12-9-11-23(20-24)33(3,4)40)19-21-15-17-22(18-16-21)25-13-7-8-14-26(25)30-35-32(39)41-36-30/h7-9,11-18,20,40H,5-6,10,19H2,1-4H3,(H,35,36,39). The van der Waals surface area contributed by atoms with Gasteiger partial charge in [0.25, 0.3) is 5.56 Å². The first-order chi connectivity index (χ1) is 19.7. The Bertz CT molecular complexity index is 1790. The van der Waals surface area contributed by atoms with Crippen molar-refractivity contribution in [2.24, 2.45) is 0 Å². The third-order valence-corrected chi connectivity index (χ3v) is 7.21. The highest BCUT2D eigenvalue weighted by molar-refractivity contribution is 5.80. The first kappa shape index (κ1) is 28.0. The van der Waals surface area contributed by atoms with Gasteiger partial charge in [-0.05, 0) is 54.7 Å². The van der Waals surface area contributed by atoms with Gasteiger partial charge >= 0.3 is 5.76 Å². The third kappa shape index (κ3) is 5.83. The Morgan fingerprint density at radius 3 is 2.32 bits per heavy atom. The van der Waals surface area contributed by atoms with E-state index in [4.69, 9.17) is 9.51 Å². The zero-order valence-corrected chi connectivity index (χ0v) is 23.8. The SMILES string of the molecule is CCCc1nc(CC)n(-c2cccc(C(C)(C)O)c2)c(=O)c1Cc1ccc(-c2ccccc2-c2noc(=O)[nH]2)cc1. The molecule has 0 saturated carbocycles. The van der Waals surface area contributed by atoms with E-state index in [1.54, 1.807) is 18.4 Å². The average Bonchev–Trinajstić information content (AvgIpc) is 3.41. The zero-order valence-electron chi connectivity index (χ0n) is 23.8. The van der Waals surface area contributed by atoms with Gasteiger partial charge in [-0.1, -0.05) is 86.1 Å². The van der Waals surface area contributed by atoms with Crippen LogP contribution >= 0.6 is 0 Å². The van der Waals surface area contributed by atoms with Crippen molar-refractivity contribution in [2.45, 2.75) is 59.0 Å². The van der Waals surface area contributed by atoms with E-state index in [9.17, 15) is 14.7 Å². The quantitative estimate of drug-likeness (QED) is 0.248. The molecule has 2 heterocycles. The van der Waals surface area contributed by atoms with Crippen molar-refractivity contribution in [1.29, 1.82) is 0 Å². The number of hydrogen-bond acceptors (Lipinski definition) is 6. The molecule has 8 heteroatoms. The highest BCUT2D eigenvalue weighted by Gasteiger charge is 2.20. The first-order valence-electron chi connectivity index (χ1n) is 13.9. The van der Waals surface area contributed by atoms with Crippen molar-refractivity contribution < 1.29 is 9.63 Å². The van der Waals surface area contributed by atoms with Crippen LogP contribution in [0.4, 0.5) is 0 Å². The topological polar surface area (TPSA) is 114 Å². The second kappa shape index (κ2) is 11.5. The van der Waals surface area contributed by atoms with Crippen molar-refractivity contribution in [3.05, 3.63) is 122 Å². The highest BCUT2D eigenvalue weighted by atomic mass is 16.5. The molecule has 2 N–H and O–H groups in total. The number of rotatable bonds is 9. The summed E-state index contributed by atoms with van der Waals surface area (Å²) in [6, 6.07) is 23.2. The highest BCUT2D eigenvalue weighted by Crippen LogP contribution is 2.30. The van der Waals surface area contributed by atoms with Crippen LogP contribution in [0, 0.1) is 0 Å². The van der Waals surface area contributed by atoms with Crippen LogP contribution in [-0.4, -0.2) is 24.8 Å². The van der Waals surface area contributed by atoms with Gasteiger partial charge in [-0.2, -0.15) is 0 Å². The number of nitrogens with one attached hydrogen (secondary N) is 1.